The molecule has 0 heterocycles. The molecule has 0 saturated carbocycles. The summed E-state index contributed by atoms with van der Waals surface area (Å²) in [6.07, 6.45) is 0. The van der Waals surface area contributed by atoms with Crippen molar-refractivity contribution in [2.24, 2.45) is 0 Å². The second-order valence-electron chi connectivity index (χ2n) is 0. The van der Waals surface area contributed by atoms with E-state index in [1.165, 1.54) is 0 Å². The van der Waals surface area contributed by atoms with E-state index in [-0.39, 0.29) is 152 Å². The molecule has 0 fully saturated rings. The van der Waals surface area contributed by atoms with E-state index >= 15 is 0 Å². The third-order valence-electron chi connectivity index (χ3n) is 0. The zero-order chi connectivity index (χ0) is 0. The monoisotopic (exact) mass is 729 g/mol. The molecular formula is NbO8TaUY-10. The van der Waals surface area contributed by atoms with Crippen molar-refractivity contribution >= 4 is 0 Å². The third kappa shape index (κ3) is 184. The van der Waals surface area contributed by atoms with Gasteiger partial charge in [0.25, 0.3) is 0 Å². The summed E-state index contributed by atoms with van der Waals surface area (Å²) in [5, 5.41) is 0. The molecule has 0 spiro atoms. The molecule has 0 bridgehead atoms. The maximum absolute atomic E-state index is 0. The largest absolute Gasteiger partial charge is 3.00 e. The van der Waals surface area contributed by atoms with Crippen LogP contribution in [0.3, 0.4) is 0 Å². The fraction of sp³-hybridized carbons (Fsp3) is 0. The average Bonchev–Trinajstić information content (AvgIpc) is 0. The normalized spacial score (nSPS) is 0. The van der Waals surface area contributed by atoms with E-state index in [9.17, 15) is 0 Å². The van der Waals surface area contributed by atoms with Crippen LogP contribution in [0.4, 0.5) is 0 Å². The van der Waals surface area contributed by atoms with Gasteiger partial charge in [0.1, 0.15) is 0 Å². The van der Waals surface area contributed by atoms with E-state index in [4.69, 9.17) is 0 Å². The molecule has 0 aromatic heterocycles. The van der Waals surface area contributed by atoms with Crippen molar-refractivity contribution in [2.75, 3.05) is 0 Å². The molecule has 0 N–H and O–H groups in total. The quantitative estimate of drug-likeness (QED) is 0.275. The Morgan fingerprint density at radius 1 is 0.417 bits per heavy atom. The van der Waals surface area contributed by atoms with Gasteiger partial charge in [0.05, 0.1) is 0 Å². The van der Waals surface area contributed by atoms with Crippen molar-refractivity contribution in [3.63, 3.8) is 0 Å². The van der Waals surface area contributed by atoms with Crippen LogP contribution in [0.2, 0.25) is 0 Å². The molecule has 0 atom stereocenters. The first-order valence-electron chi connectivity index (χ1n) is 0. The van der Waals surface area contributed by atoms with Gasteiger partial charge in [0, 0.05) is 44.8 Å². The molecule has 0 aromatic carbocycles. The Morgan fingerprint density at radius 3 is 0.417 bits per heavy atom. The van der Waals surface area contributed by atoms with Crippen molar-refractivity contribution < 1.29 is 152 Å². The van der Waals surface area contributed by atoms with Crippen LogP contribution >= 0.6 is 0 Å². The third-order valence-corrected chi connectivity index (χ3v) is 0. The van der Waals surface area contributed by atoms with Crippen LogP contribution < -0.4 is 0 Å². The average molecular weight is 729 g/mol. The van der Waals surface area contributed by atoms with E-state index < -0.39 is 0 Å². The predicted octanol–water partition coefficient (Wildman–Crippen LogP) is -0.958. The summed E-state index contributed by atoms with van der Waals surface area (Å²) < 4.78 is 0. The van der Waals surface area contributed by atoms with E-state index in [2.05, 4.69) is 0 Å². The Kier molecular flexibility index (Phi) is 5490. The summed E-state index contributed by atoms with van der Waals surface area (Å²) in [6.45, 7) is 0. The molecule has 0 unspecified atom stereocenters. The van der Waals surface area contributed by atoms with Gasteiger partial charge in [-0.15, -0.1) is 0 Å². The molecule has 0 aromatic rings. The summed E-state index contributed by atoms with van der Waals surface area (Å²) in [4.78, 5) is 0. The molecule has 0 aliphatic carbocycles. The van der Waals surface area contributed by atoms with Crippen LogP contribution in [0.25, 0.3) is 0 Å². The molecule has 3 radical (unpaired) electrons. The standard InChI is InChI=1S/Nb.8O.Ta.U.Y/q;8*-2;;2*+3. The Morgan fingerprint density at radius 2 is 0.417 bits per heavy atom. The van der Waals surface area contributed by atoms with Crippen molar-refractivity contribution in [3.8, 4) is 0 Å². The van der Waals surface area contributed by atoms with Gasteiger partial charge in [-0.1, -0.05) is 0 Å². The second-order valence-corrected chi connectivity index (χ2v) is 0. The first kappa shape index (κ1) is 285. The molecule has 0 rings (SSSR count). The number of rotatable bonds is 0. The first-order chi connectivity index (χ1) is 0. The van der Waals surface area contributed by atoms with Gasteiger partial charge in [0.2, 0.25) is 0 Å². The van der Waals surface area contributed by atoms with Gasteiger partial charge in [-0.3, -0.25) is 0 Å². The van der Waals surface area contributed by atoms with Crippen LogP contribution in [0.15, 0.2) is 0 Å². The molecule has 75 valence electrons. The van der Waals surface area contributed by atoms with Gasteiger partial charge < -0.3 is 43.8 Å². The molecule has 8 nitrogen and oxygen atoms in total. The van der Waals surface area contributed by atoms with Crippen molar-refractivity contribution in [1.82, 2.24) is 0 Å². The molecule has 0 saturated heterocycles. The van der Waals surface area contributed by atoms with Crippen molar-refractivity contribution in [3.05, 3.63) is 0 Å². The summed E-state index contributed by atoms with van der Waals surface area (Å²) in [5.74, 6) is 0. The Bertz CT molecular complexity index is 19.0. The minimum absolute atomic E-state index is 0. The van der Waals surface area contributed by atoms with E-state index in [0.29, 0.717) is 0 Å². The van der Waals surface area contributed by atoms with Crippen molar-refractivity contribution in [2.45, 2.75) is 0 Å². The van der Waals surface area contributed by atoms with E-state index in [1.807, 2.05) is 0 Å². The molecule has 0 aliphatic rings. The maximum Gasteiger partial charge on any atom is 3.00 e. The maximum atomic E-state index is 0. The van der Waals surface area contributed by atoms with Crippen LogP contribution in [-0.2, 0) is 121 Å². The Balaban J connectivity index is 0. The van der Waals surface area contributed by atoms with Gasteiger partial charge in [-0.05, 0) is 0 Å². The van der Waals surface area contributed by atoms with Gasteiger partial charge >= 0.3 is 63.8 Å². The van der Waals surface area contributed by atoms with Gasteiger partial charge in [-0.25, -0.2) is 0 Å². The van der Waals surface area contributed by atoms with Crippen LogP contribution in [-0.4, -0.2) is 0 Å². The smallest absolute Gasteiger partial charge is 2.00 e. The summed E-state index contributed by atoms with van der Waals surface area (Å²) in [6, 6.07) is 0. The van der Waals surface area contributed by atoms with Crippen LogP contribution in [0.5, 0.6) is 0 Å². The summed E-state index contributed by atoms with van der Waals surface area (Å²) in [5.41, 5.74) is 0. The summed E-state index contributed by atoms with van der Waals surface area (Å²) >= 11 is 0. The molecule has 12 heteroatoms. The minimum Gasteiger partial charge on any atom is -2.00 e. The Hall–Kier alpha value is 3.32. The number of hydrogen-bond donors (Lipinski definition) is 0. The van der Waals surface area contributed by atoms with Crippen LogP contribution in [0, 0.1) is 31.1 Å². The molecular weight excluding hydrogens is 729 g/mol. The molecule has 0 aliphatic heterocycles. The molecule has 12 heavy (non-hydrogen) atoms. The van der Waals surface area contributed by atoms with Gasteiger partial charge in [-0.2, -0.15) is 0 Å². The van der Waals surface area contributed by atoms with Gasteiger partial charge in [0.15, 0.2) is 0 Å². The first-order valence-corrected chi connectivity index (χ1v) is 0. The minimum atomic E-state index is 0. The second kappa shape index (κ2) is 231. The van der Waals surface area contributed by atoms with E-state index in [0.717, 1.165) is 0 Å². The summed E-state index contributed by atoms with van der Waals surface area (Å²) in [7, 11) is 0. The van der Waals surface area contributed by atoms with Crippen molar-refractivity contribution in [1.29, 1.82) is 0 Å². The van der Waals surface area contributed by atoms with E-state index in [1.54, 1.807) is 0 Å². The zero-order valence-electron chi connectivity index (χ0n) is 5.24. The zero-order valence-corrected chi connectivity index (χ0v) is 17.7. The SMILES string of the molecule is [Nb].[O-2].[O-2].[O-2].[O-2].[O-2].[O-2].[O-2].[O-2].[Ta].[U+3].[Y+3]. The fourth-order valence-corrected chi connectivity index (χ4v) is 0. The topological polar surface area (TPSA) is 228 Å². The fourth-order valence-electron chi connectivity index (χ4n) is 0. The molecule has 0 amide bonds. The Labute approximate surface area is 150 Å². The number of hydrogen-bond acceptors (Lipinski definition) is 0. The predicted molar refractivity (Wildman–Crippen MR) is 5.49 cm³/mol. The van der Waals surface area contributed by atoms with Crippen LogP contribution in [0.1, 0.15) is 0 Å².